The van der Waals surface area contributed by atoms with Crippen molar-refractivity contribution >= 4 is 27.5 Å². The highest BCUT2D eigenvalue weighted by Gasteiger charge is 2.14. The zero-order valence-electron chi connectivity index (χ0n) is 15.6. The summed E-state index contributed by atoms with van der Waals surface area (Å²) in [7, 11) is 1.87. The van der Waals surface area contributed by atoms with E-state index in [0.29, 0.717) is 12.1 Å². The fourth-order valence-electron chi connectivity index (χ4n) is 2.90. The van der Waals surface area contributed by atoms with E-state index in [1.807, 2.05) is 63.7 Å². The number of hydrogen-bond acceptors (Lipinski definition) is 3. The molecule has 0 saturated carbocycles. The number of halogens is 1. The van der Waals surface area contributed by atoms with Gasteiger partial charge in [0.25, 0.3) is 5.91 Å². The molecule has 0 atom stereocenters. The molecule has 0 fully saturated rings. The van der Waals surface area contributed by atoms with Crippen LogP contribution in [0.1, 0.15) is 38.7 Å². The molecule has 2 heterocycles. The largest absolute Gasteiger partial charge is 0.319 e. The molecule has 2 aromatic heterocycles. The first kappa shape index (κ1) is 18.4. The van der Waals surface area contributed by atoms with Gasteiger partial charge in [-0.15, -0.1) is 0 Å². The highest BCUT2D eigenvalue weighted by molar-refractivity contribution is 9.10. The van der Waals surface area contributed by atoms with E-state index >= 15 is 0 Å². The highest BCUT2D eigenvalue weighted by Crippen LogP contribution is 2.21. The number of carbonyl (C=O) groups excluding carboxylic acids is 1. The molecule has 0 aliphatic rings. The van der Waals surface area contributed by atoms with Crippen molar-refractivity contribution in [3.8, 4) is 0 Å². The Kier molecular flexibility index (Phi) is 5.00. The van der Waals surface area contributed by atoms with Crippen molar-refractivity contribution in [3.05, 3.63) is 62.6 Å². The van der Waals surface area contributed by atoms with Crippen molar-refractivity contribution in [3.63, 3.8) is 0 Å². The summed E-state index contributed by atoms with van der Waals surface area (Å²) < 4.78 is 4.76. The molecule has 7 heteroatoms. The molecule has 0 bridgehead atoms. The van der Waals surface area contributed by atoms with Crippen LogP contribution in [0.3, 0.4) is 0 Å². The standard InChI is InChI=1S/C19H22BrN5O/c1-11-17(20)13(3)25(23-11)10-15-6-8-16(9-7-15)19(26)21-18-12(2)22-24(5)14(18)4/h6-9H,10H2,1-5H3,(H,21,26). The lowest BCUT2D eigenvalue weighted by molar-refractivity contribution is 0.102. The topological polar surface area (TPSA) is 64.7 Å². The van der Waals surface area contributed by atoms with Crippen LogP contribution in [0.2, 0.25) is 0 Å². The second-order valence-corrected chi connectivity index (χ2v) is 7.26. The molecule has 0 unspecified atom stereocenters. The summed E-state index contributed by atoms with van der Waals surface area (Å²) in [6.07, 6.45) is 0. The second kappa shape index (κ2) is 7.07. The summed E-state index contributed by atoms with van der Waals surface area (Å²) >= 11 is 3.55. The lowest BCUT2D eigenvalue weighted by atomic mass is 10.1. The quantitative estimate of drug-likeness (QED) is 0.702. The van der Waals surface area contributed by atoms with Gasteiger partial charge < -0.3 is 5.32 Å². The van der Waals surface area contributed by atoms with Crippen LogP contribution in [0.5, 0.6) is 0 Å². The van der Waals surface area contributed by atoms with Crippen molar-refractivity contribution in [1.82, 2.24) is 19.6 Å². The minimum absolute atomic E-state index is 0.135. The first-order valence-corrected chi connectivity index (χ1v) is 9.17. The number of aryl methyl sites for hydroxylation is 3. The fourth-order valence-corrected chi connectivity index (χ4v) is 3.19. The van der Waals surface area contributed by atoms with Gasteiger partial charge in [0.05, 0.1) is 39.5 Å². The first-order valence-electron chi connectivity index (χ1n) is 8.38. The third kappa shape index (κ3) is 3.44. The predicted octanol–water partition coefficient (Wildman–Crippen LogP) is 3.91. The molecule has 0 radical (unpaired) electrons. The van der Waals surface area contributed by atoms with Crippen molar-refractivity contribution in [1.29, 1.82) is 0 Å². The van der Waals surface area contributed by atoms with Gasteiger partial charge in [-0.05, 0) is 61.3 Å². The fraction of sp³-hybridized carbons (Fsp3) is 0.316. The maximum absolute atomic E-state index is 12.5. The van der Waals surface area contributed by atoms with E-state index in [4.69, 9.17) is 0 Å². The van der Waals surface area contributed by atoms with Gasteiger partial charge in [0, 0.05) is 12.6 Å². The van der Waals surface area contributed by atoms with Crippen LogP contribution < -0.4 is 5.32 Å². The molecule has 136 valence electrons. The number of nitrogens with zero attached hydrogens (tertiary/aromatic N) is 4. The maximum atomic E-state index is 12.5. The maximum Gasteiger partial charge on any atom is 0.255 e. The van der Waals surface area contributed by atoms with Gasteiger partial charge in [-0.3, -0.25) is 14.2 Å². The summed E-state index contributed by atoms with van der Waals surface area (Å²) in [5.74, 6) is -0.135. The molecule has 1 N–H and O–H groups in total. The molecule has 1 amide bonds. The van der Waals surface area contributed by atoms with E-state index in [9.17, 15) is 4.79 Å². The van der Waals surface area contributed by atoms with E-state index in [0.717, 1.165) is 38.5 Å². The Morgan fingerprint density at radius 1 is 1.04 bits per heavy atom. The van der Waals surface area contributed by atoms with Crippen LogP contribution in [0, 0.1) is 27.7 Å². The number of hydrogen-bond donors (Lipinski definition) is 1. The molecule has 0 aliphatic heterocycles. The normalized spacial score (nSPS) is 11.0. The highest BCUT2D eigenvalue weighted by atomic mass is 79.9. The van der Waals surface area contributed by atoms with E-state index < -0.39 is 0 Å². The first-order chi connectivity index (χ1) is 12.3. The van der Waals surface area contributed by atoms with Crippen LogP contribution in [0.15, 0.2) is 28.7 Å². The van der Waals surface area contributed by atoms with Crippen molar-refractivity contribution in [2.45, 2.75) is 34.2 Å². The number of rotatable bonds is 4. The van der Waals surface area contributed by atoms with Crippen LogP contribution in [0.25, 0.3) is 0 Å². The van der Waals surface area contributed by atoms with Gasteiger partial charge in [-0.2, -0.15) is 10.2 Å². The Balaban J connectivity index is 1.74. The zero-order chi connectivity index (χ0) is 19.0. The molecule has 1 aromatic carbocycles. The van der Waals surface area contributed by atoms with Gasteiger partial charge in [-0.25, -0.2) is 0 Å². The van der Waals surface area contributed by atoms with Crippen molar-refractivity contribution < 1.29 is 4.79 Å². The third-order valence-corrected chi connectivity index (χ3v) is 5.74. The summed E-state index contributed by atoms with van der Waals surface area (Å²) in [5, 5.41) is 11.8. The zero-order valence-corrected chi connectivity index (χ0v) is 17.2. The number of benzene rings is 1. The molecular weight excluding hydrogens is 394 g/mol. The number of anilines is 1. The smallest absolute Gasteiger partial charge is 0.255 e. The Morgan fingerprint density at radius 2 is 1.69 bits per heavy atom. The summed E-state index contributed by atoms with van der Waals surface area (Å²) in [6.45, 7) is 8.50. The second-order valence-electron chi connectivity index (χ2n) is 6.46. The van der Waals surface area contributed by atoms with Gasteiger partial charge in [0.1, 0.15) is 0 Å². The van der Waals surface area contributed by atoms with E-state index in [1.165, 1.54) is 0 Å². The van der Waals surface area contributed by atoms with Gasteiger partial charge >= 0.3 is 0 Å². The molecule has 0 spiro atoms. The number of nitrogens with one attached hydrogen (secondary N) is 1. The molecule has 3 aromatic rings. The van der Waals surface area contributed by atoms with Gasteiger partial charge in [-0.1, -0.05) is 12.1 Å². The molecule has 0 saturated heterocycles. The number of carbonyl (C=O) groups is 1. The predicted molar refractivity (Wildman–Crippen MR) is 106 cm³/mol. The molecular formula is C19H22BrN5O. The number of amides is 1. The Labute approximate surface area is 161 Å². The molecule has 6 nitrogen and oxygen atoms in total. The number of aromatic nitrogens is 4. The van der Waals surface area contributed by atoms with Crippen LogP contribution in [0.4, 0.5) is 5.69 Å². The molecule has 3 rings (SSSR count). The third-order valence-electron chi connectivity index (χ3n) is 4.59. The summed E-state index contributed by atoms with van der Waals surface area (Å²) in [5.41, 5.74) is 6.29. The summed E-state index contributed by atoms with van der Waals surface area (Å²) in [6, 6.07) is 7.60. The monoisotopic (exact) mass is 415 g/mol. The van der Waals surface area contributed by atoms with Gasteiger partial charge in [0.2, 0.25) is 0 Å². The van der Waals surface area contributed by atoms with Crippen molar-refractivity contribution in [2.24, 2.45) is 7.05 Å². The summed E-state index contributed by atoms with van der Waals surface area (Å²) in [4.78, 5) is 12.5. The Bertz CT molecular complexity index is 969. The van der Waals surface area contributed by atoms with Crippen LogP contribution in [-0.4, -0.2) is 25.5 Å². The average Bonchev–Trinajstić information content (AvgIpc) is 2.99. The van der Waals surface area contributed by atoms with Gasteiger partial charge in [0.15, 0.2) is 0 Å². The van der Waals surface area contributed by atoms with E-state index in [2.05, 4.69) is 31.4 Å². The molecule has 26 heavy (non-hydrogen) atoms. The van der Waals surface area contributed by atoms with Crippen LogP contribution in [-0.2, 0) is 13.6 Å². The lowest BCUT2D eigenvalue weighted by Crippen LogP contribution is -2.13. The molecule has 0 aliphatic carbocycles. The average molecular weight is 416 g/mol. The van der Waals surface area contributed by atoms with Crippen molar-refractivity contribution in [2.75, 3.05) is 5.32 Å². The Morgan fingerprint density at radius 3 is 2.19 bits per heavy atom. The minimum atomic E-state index is -0.135. The Hall–Kier alpha value is -2.41. The SMILES string of the molecule is Cc1nn(Cc2ccc(C(=O)Nc3c(C)nn(C)c3C)cc2)c(C)c1Br. The minimum Gasteiger partial charge on any atom is -0.319 e. The van der Waals surface area contributed by atoms with Crippen LogP contribution >= 0.6 is 15.9 Å². The lowest BCUT2D eigenvalue weighted by Gasteiger charge is -2.08. The van der Waals surface area contributed by atoms with E-state index in [-0.39, 0.29) is 5.91 Å². The van der Waals surface area contributed by atoms with E-state index in [1.54, 1.807) is 4.68 Å².